The molecule has 3 heterocycles. The third kappa shape index (κ3) is 4.80. The summed E-state index contributed by atoms with van der Waals surface area (Å²) < 4.78 is 40.1. The lowest BCUT2D eigenvalue weighted by Crippen LogP contribution is -2.40. The van der Waals surface area contributed by atoms with Crippen LogP contribution in [-0.2, 0) is 6.18 Å². The van der Waals surface area contributed by atoms with Gasteiger partial charge in [0.15, 0.2) is 0 Å². The van der Waals surface area contributed by atoms with Crippen molar-refractivity contribution in [3.05, 3.63) is 60.3 Å². The molecule has 3 atom stereocenters. The fraction of sp³-hybridized carbons (Fsp3) is 0.417. The third-order valence-corrected chi connectivity index (χ3v) is 6.37. The summed E-state index contributed by atoms with van der Waals surface area (Å²) in [7, 11) is 1.79. The van der Waals surface area contributed by atoms with Crippen molar-refractivity contribution in [2.24, 2.45) is 5.92 Å². The monoisotopic (exact) mass is 487 g/mol. The van der Waals surface area contributed by atoms with Crippen LogP contribution in [0.2, 0.25) is 0 Å². The molecule has 1 aromatic carbocycles. The molecule has 2 amide bonds. The maximum Gasteiger partial charge on any atom is 0.416 e. The van der Waals surface area contributed by atoms with E-state index in [1.807, 2.05) is 13.8 Å². The molecule has 0 unspecified atom stereocenters. The van der Waals surface area contributed by atoms with Gasteiger partial charge in [0.1, 0.15) is 5.82 Å². The Morgan fingerprint density at radius 1 is 1.06 bits per heavy atom. The van der Waals surface area contributed by atoms with E-state index in [-0.39, 0.29) is 30.1 Å². The molecule has 1 fully saturated rings. The number of alkyl halides is 3. The van der Waals surface area contributed by atoms with Crippen LogP contribution in [0.5, 0.6) is 0 Å². The molecule has 0 saturated carbocycles. The van der Waals surface area contributed by atoms with Crippen molar-refractivity contribution in [2.45, 2.75) is 52.0 Å². The lowest BCUT2D eigenvalue weighted by Gasteiger charge is -2.28. The average Bonchev–Trinajstić information content (AvgIpc) is 3.39. The number of likely N-dealkylation sites (N-methyl/N-ethyl adjacent to an activating group) is 1. The number of hydrogen-bond donors (Lipinski definition) is 1. The fourth-order valence-electron chi connectivity index (χ4n) is 4.37. The van der Waals surface area contributed by atoms with Crippen LogP contribution in [0.4, 0.5) is 29.7 Å². The Morgan fingerprint density at radius 2 is 1.74 bits per heavy atom. The summed E-state index contributed by atoms with van der Waals surface area (Å²) in [5, 5.41) is 3.20. The third-order valence-electron chi connectivity index (χ3n) is 6.37. The van der Waals surface area contributed by atoms with Gasteiger partial charge in [0, 0.05) is 25.1 Å². The zero-order valence-corrected chi connectivity index (χ0v) is 20.2. The van der Waals surface area contributed by atoms with E-state index in [9.17, 15) is 18.0 Å². The van der Waals surface area contributed by atoms with Crippen molar-refractivity contribution in [1.29, 1.82) is 0 Å². The summed E-state index contributed by atoms with van der Waals surface area (Å²) >= 11 is 0. The van der Waals surface area contributed by atoms with Crippen LogP contribution < -0.4 is 10.2 Å². The van der Waals surface area contributed by atoms with Crippen molar-refractivity contribution in [3.8, 4) is 5.69 Å². The number of anilines is 2. The maximum atomic E-state index is 12.9. The number of carbonyl (C=O) groups is 1. The Labute approximate surface area is 201 Å². The number of nitrogens with one attached hydrogen (secondary N) is 1. The number of benzene rings is 1. The predicted octanol–water partition coefficient (Wildman–Crippen LogP) is 5.14. The largest absolute Gasteiger partial charge is 0.416 e. The SMILES string of the molecule is CC(C)[C@H]1[C@@H](C)N(C)C(=O)N1c1ccnc(N[C@@H](C)c2cn(-c3ccc(C(F)(F)F)cc3)cn2)n1. The second kappa shape index (κ2) is 9.20. The fourth-order valence-corrected chi connectivity index (χ4v) is 4.37. The topological polar surface area (TPSA) is 79.2 Å². The first kappa shape index (κ1) is 24.5. The van der Waals surface area contributed by atoms with Gasteiger partial charge in [-0.15, -0.1) is 0 Å². The molecule has 4 rings (SSSR count). The molecule has 0 radical (unpaired) electrons. The highest BCUT2D eigenvalue weighted by Crippen LogP contribution is 2.32. The highest BCUT2D eigenvalue weighted by atomic mass is 19.4. The second-order valence-electron chi connectivity index (χ2n) is 9.09. The van der Waals surface area contributed by atoms with E-state index in [0.29, 0.717) is 23.1 Å². The number of rotatable bonds is 6. The van der Waals surface area contributed by atoms with E-state index in [0.717, 1.165) is 12.1 Å². The van der Waals surface area contributed by atoms with Crippen molar-refractivity contribution in [2.75, 3.05) is 17.3 Å². The van der Waals surface area contributed by atoms with Crippen LogP contribution in [0.3, 0.4) is 0 Å². The molecular formula is C24H28F3N7O. The van der Waals surface area contributed by atoms with Gasteiger partial charge >= 0.3 is 12.2 Å². The van der Waals surface area contributed by atoms with Crippen molar-refractivity contribution >= 4 is 17.8 Å². The van der Waals surface area contributed by atoms with Gasteiger partial charge in [0.25, 0.3) is 0 Å². The zero-order valence-electron chi connectivity index (χ0n) is 20.2. The van der Waals surface area contributed by atoms with E-state index in [1.54, 1.807) is 46.2 Å². The molecule has 0 aliphatic carbocycles. The second-order valence-corrected chi connectivity index (χ2v) is 9.09. The molecule has 2 aromatic heterocycles. The Hall–Kier alpha value is -3.63. The van der Waals surface area contributed by atoms with E-state index in [4.69, 9.17) is 0 Å². The van der Waals surface area contributed by atoms with Gasteiger partial charge < -0.3 is 14.8 Å². The number of aromatic nitrogens is 4. The lowest BCUT2D eigenvalue weighted by molar-refractivity contribution is -0.137. The summed E-state index contributed by atoms with van der Waals surface area (Å²) in [4.78, 5) is 29.6. The van der Waals surface area contributed by atoms with Gasteiger partial charge in [-0.1, -0.05) is 13.8 Å². The quantitative estimate of drug-likeness (QED) is 0.521. The summed E-state index contributed by atoms with van der Waals surface area (Å²) in [5.41, 5.74) is 0.516. The van der Waals surface area contributed by atoms with Crippen LogP contribution in [0.25, 0.3) is 5.69 Å². The first-order chi connectivity index (χ1) is 16.5. The summed E-state index contributed by atoms with van der Waals surface area (Å²) in [6.45, 7) is 8.06. The number of nitrogens with zero attached hydrogens (tertiary/aromatic N) is 6. The van der Waals surface area contributed by atoms with Crippen LogP contribution in [-0.4, -0.2) is 49.6 Å². The van der Waals surface area contributed by atoms with Gasteiger partial charge in [-0.2, -0.15) is 18.2 Å². The summed E-state index contributed by atoms with van der Waals surface area (Å²) in [5.74, 6) is 1.10. The van der Waals surface area contributed by atoms with Gasteiger partial charge in [0.2, 0.25) is 5.95 Å². The van der Waals surface area contributed by atoms with Gasteiger partial charge in [-0.3, -0.25) is 4.90 Å². The van der Waals surface area contributed by atoms with Crippen LogP contribution in [0.1, 0.15) is 45.0 Å². The molecule has 8 nitrogen and oxygen atoms in total. The van der Waals surface area contributed by atoms with E-state index >= 15 is 0 Å². The van der Waals surface area contributed by atoms with E-state index < -0.39 is 11.7 Å². The van der Waals surface area contributed by atoms with Gasteiger partial charge in [-0.25, -0.2) is 14.8 Å². The van der Waals surface area contributed by atoms with Crippen molar-refractivity contribution in [3.63, 3.8) is 0 Å². The number of amides is 2. The van der Waals surface area contributed by atoms with Crippen LogP contribution in [0.15, 0.2) is 49.1 Å². The predicted molar refractivity (Wildman–Crippen MR) is 126 cm³/mol. The Kier molecular flexibility index (Phi) is 6.44. The molecule has 186 valence electrons. The Balaban J connectivity index is 1.51. The number of carbonyl (C=O) groups excluding carboxylic acids is 1. The lowest BCUT2D eigenvalue weighted by atomic mass is 9.97. The smallest absolute Gasteiger partial charge is 0.346 e. The van der Waals surface area contributed by atoms with E-state index in [2.05, 4.69) is 34.1 Å². The van der Waals surface area contributed by atoms with Crippen molar-refractivity contribution in [1.82, 2.24) is 24.4 Å². The minimum atomic E-state index is -4.38. The molecule has 3 aromatic rings. The summed E-state index contributed by atoms with van der Waals surface area (Å²) in [6, 6.07) is 6.21. The van der Waals surface area contributed by atoms with Crippen LogP contribution >= 0.6 is 0 Å². The number of hydrogen-bond acceptors (Lipinski definition) is 5. The first-order valence-electron chi connectivity index (χ1n) is 11.3. The highest BCUT2D eigenvalue weighted by Gasteiger charge is 2.44. The number of imidazole rings is 1. The summed E-state index contributed by atoms with van der Waals surface area (Å²) in [6.07, 6.45) is 0.500. The molecule has 1 aliphatic heterocycles. The average molecular weight is 488 g/mol. The molecule has 35 heavy (non-hydrogen) atoms. The minimum Gasteiger partial charge on any atom is -0.346 e. The van der Waals surface area contributed by atoms with Crippen molar-refractivity contribution < 1.29 is 18.0 Å². The standard InChI is InChI=1S/C24H28F3N7O/c1-14(2)21-16(4)32(5)23(35)34(21)20-10-11-28-22(31-20)30-15(3)19-12-33(13-29-19)18-8-6-17(7-9-18)24(25,26)27/h6-16,21H,1-5H3,(H,28,30,31)/t15-,16+,21-/m0/s1. The number of halogens is 3. The maximum absolute atomic E-state index is 12.9. The molecule has 0 bridgehead atoms. The highest BCUT2D eigenvalue weighted by molar-refractivity contribution is 5.94. The first-order valence-corrected chi connectivity index (χ1v) is 11.3. The van der Waals surface area contributed by atoms with Gasteiger partial charge in [0.05, 0.1) is 35.7 Å². The zero-order chi connectivity index (χ0) is 25.5. The molecule has 11 heteroatoms. The Bertz CT molecular complexity index is 1190. The Morgan fingerprint density at radius 3 is 2.37 bits per heavy atom. The minimum absolute atomic E-state index is 0.0212. The van der Waals surface area contributed by atoms with E-state index in [1.165, 1.54) is 12.1 Å². The van der Waals surface area contributed by atoms with Crippen LogP contribution in [0, 0.1) is 5.92 Å². The molecular weight excluding hydrogens is 459 g/mol. The molecule has 0 spiro atoms. The molecule has 1 saturated heterocycles. The number of urea groups is 1. The van der Waals surface area contributed by atoms with Gasteiger partial charge in [-0.05, 0) is 50.1 Å². The molecule has 1 N–H and O–H groups in total. The molecule has 1 aliphatic rings. The normalized spacial score (nSPS) is 19.5.